The molecule has 0 bridgehead atoms. The van der Waals surface area contributed by atoms with Gasteiger partial charge < -0.3 is 10.2 Å². The van der Waals surface area contributed by atoms with Crippen LogP contribution in [-0.2, 0) is 26.3 Å². The normalized spacial score (nSPS) is 12.5. The average Bonchev–Trinajstić information content (AvgIpc) is 2.80. The van der Waals surface area contributed by atoms with Gasteiger partial charge in [-0.25, -0.2) is 8.70 Å². The van der Waals surface area contributed by atoms with Gasteiger partial charge in [0.1, 0.15) is 18.4 Å². The SMILES string of the molecule is Cc1ccc(CN(C(=O)CN(c2ccccc2F)S(=O)(=O)N(C)C)[C@@H](C)C(=O)NCC(C)C)cc1. The highest BCUT2D eigenvalue weighted by molar-refractivity contribution is 7.90. The summed E-state index contributed by atoms with van der Waals surface area (Å²) in [6.07, 6.45) is 0. The summed E-state index contributed by atoms with van der Waals surface area (Å²) in [4.78, 5) is 27.7. The average molecular weight is 507 g/mol. The fourth-order valence-corrected chi connectivity index (χ4v) is 4.35. The molecule has 2 amide bonds. The summed E-state index contributed by atoms with van der Waals surface area (Å²) in [5.74, 6) is -1.55. The van der Waals surface area contributed by atoms with E-state index in [0.717, 1.165) is 25.8 Å². The number of aryl methyl sites for hydroxylation is 1. The largest absolute Gasteiger partial charge is 0.354 e. The van der Waals surface area contributed by atoms with Gasteiger partial charge in [0, 0.05) is 27.2 Å². The number of rotatable bonds is 11. The third kappa shape index (κ3) is 7.50. The number of hydrogen-bond donors (Lipinski definition) is 1. The predicted octanol–water partition coefficient (Wildman–Crippen LogP) is 2.94. The summed E-state index contributed by atoms with van der Waals surface area (Å²) in [5.41, 5.74) is 1.57. The van der Waals surface area contributed by atoms with Crippen molar-refractivity contribution in [3.8, 4) is 0 Å². The minimum absolute atomic E-state index is 0.0858. The van der Waals surface area contributed by atoms with Crippen LogP contribution in [0.15, 0.2) is 48.5 Å². The monoisotopic (exact) mass is 506 g/mol. The van der Waals surface area contributed by atoms with E-state index in [1.54, 1.807) is 6.92 Å². The van der Waals surface area contributed by atoms with Crippen molar-refractivity contribution < 1.29 is 22.4 Å². The summed E-state index contributed by atoms with van der Waals surface area (Å²) < 4.78 is 42.4. The fraction of sp³-hybridized carbons (Fsp3) is 0.440. The maximum absolute atomic E-state index is 14.6. The second-order valence-corrected chi connectivity index (χ2v) is 11.1. The second-order valence-electron chi connectivity index (χ2n) is 9.07. The Bertz CT molecular complexity index is 1120. The number of amides is 2. The Morgan fingerprint density at radius 2 is 1.60 bits per heavy atom. The van der Waals surface area contributed by atoms with Crippen molar-refractivity contribution in [2.75, 3.05) is 31.5 Å². The van der Waals surface area contributed by atoms with Gasteiger partial charge in [-0.2, -0.15) is 12.7 Å². The molecule has 0 saturated carbocycles. The number of carbonyl (C=O) groups excluding carboxylic acids is 2. The standard InChI is InChI=1S/C25H35FN4O4S/c1-18(2)15-27-25(32)20(4)29(16-21-13-11-19(3)12-14-21)24(31)17-30(35(33,34)28(5)6)23-10-8-7-9-22(23)26/h7-14,18,20H,15-17H2,1-6H3,(H,27,32)/t20-/m0/s1. The zero-order valence-corrected chi connectivity index (χ0v) is 22.0. The first-order chi connectivity index (χ1) is 16.3. The molecule has 0 aromatic heterocycles. The van der Waals surface area contributed by atoms with Gasteiger partial charge in [0.05, 0.1) is 5.69 Å². The lowest BCUT2D eigenvalue weighted by molar-refractivity contribution is -0.139. The summed E-state index contributed by atoms with van der Waals surface area (Å²) in [6, 6.07) is 12.0. The van der Waals surface area contributed by atoms with E-state index in [2.05, 4.69) is 5.32 Å². The van der Waals surface area contributed by atoms with Crippen LogP contribution in [-0.4, -0.2) is 62.7 Å². The maximum atomic E-state index is 14.6. The number of halogens is 1. The molecule has 0 fully saturated rings. The number of carbonyl (C=O) groups is 2. The highest BCUT2D eigenvalue weighted by atomic mass is 32.2. The van der Waals surface area contributed by atoms with Crippen LogP contribution in [0.2, 0.25) is 0 Å². The highest BCUT2D eigenvalue weighted by Gasteiger charge is 2.33. The van der Waals surface area contributed by atoms with E-state index in [1.165, 1.54) is 37.2 Å². The lowest BCUT2D eigenvalue weighted by Crippen LogP contribution is -2.52. The fourth-order valence-electron chi connectivity index (χ4n) is 3.28. The molecule has 1 N–H and O–H groups in total. The van der Waals surface area contributed by atoms with Crippen LogP contribution >= 0.6 is 0 Å². The number of para-hydroxylation sites is 1. The zero-order chi connectivity index (χ0) is 26.3. The first kappa shape index (κ1) is 28.3. The Morgan fingerprint density at radius 3 is 2.14 bits per heavy atom. The molecule has 0 heterocycles. The molecule has 2 rings (SSSR count). The smallest absolute Gasteiger partial charge is 0.304 e. The van der Waals surface area contributed by atoms with E-state index in [1.807, 2.05) is 45.0 Å². The Balaban J connectivity index is 2.44. The van der Waals surface area contributed by atoms with Crippen molar-refractivity contribution in [3.05, 3.63) is 65.5 Å². The zero-order valence-electron chi connectivity index (χ0n) is 21.2. The second kappa shape index (κ2) is 12.1. The molecule has 0 aliphatic heterocycles. The first-order valence-electron chi connectivity index (χ1n) is 11.4. The van der Waals surface area contributed by atoms with Gasteiger partial charge in [0.25, 0.3) is 0 Å². The molecule has 1 atom stereocenters. The molecule has 2 aromatic rings. The third-order valence-electron chi connectivity index (χ3n) is 5.47. The van der Waals surface area contributed by atoms with Crippen LogP contribution in [0.25, 0.3) is 0 Å². The minimum atomic E-state index is -4.21. The van der Waals surface area contributed by atoms with Gasteiger partial charge in [-0.15, -0.1) is 0 Å². The number of nitrogens with one attached hydrogen (secondary N) is 1. The molecule has 0 unspecified atom stereocenters. The van der Waals surface area contributed by atoms with Gasteiger partial charge in [0.2, 0.25) is 11.8 Å². The Morgan fingerprint density at radius 1 is 1.00 bits per heavy atom. The molecule has 0 aliphatic carbocycles. The predicted molar refractivity (Wildman–Crippen MR) is 135 cm³/mol. The van der Waals surface area contributed by atoms with Crippen molar-refractivity contribution in [2.45, 2.75) is 40.3 Å². The van der Waals surface area contributed by atoms with Crippen molar-refractivity contribution in [1.82, 2.24) is 14.5 Å². The lowest BCUT2D eigenvalue weighted by Gasteiger charge is -2.33. The van der Waals surface area contributed by atoms with E-state index in [0.29, 0.717) is 6.54 Å². The van der Waals surface area contributed by atoms with Crippen molar-refractivity contribution in [1.29, 1.82) is 0 Å². The summed E-state index contributed by atoms with van der Waals surface area (Å²) >= 11 is 0. The van der Waals surface area contributed by atoms with Crippen LogP contribution in [0, 0.1) is 18.7 Å². The molecule has 0 spiro atoms. The van der Waals surface area contributed by atoms with Gasteiger partial charge in [-0.3, -0.25) is 9.59 Å². The van der Waals surface area contributed by atoms with Crippen LogP contribution in [0.5, 0.6) is 0 Å². The molecular weight excluding hydrogens is 471 g/mol. The molecule has 35 heavy (non-hydrogen) atoms. The highest BCUT2D eigenvalue weighted by Crippen LogP contribution is 2.24. The topological polar surface area (TPSA) is 90.0 Å². The third-order valence-corrected chi connectivity index (χ3v) is 7.27. The molecule has 0 aliphatic rings. The van der Waals surface area contributed by atoms with Crippen LogP contribution < -0.4 is 9.62 Å². The molecular formula is C25H35FN4O4S. The van der Waals surface area contributed by atoms with Crippen LogP contribution in [0.1, 0.15) is 31.9 Å². The van der Waals surface area contributed by atoms with E-state index in [4.69, 9.17) is 0 Å². The molecule has 0 radical (unpaired) electrons. The van der Waals surface area contributed by atoms with E-state index < -0.39 is 34.5 Å². The minimum Gasteiger partial charge on any atom is -0.354 e. The molecule has 10 heteroatoms. The summed E-state index contributed by atoms with van der Waals surface area (Å²) in [6.45, 7) is 7.30. The van der Waals surface area contributed by atoms with Gasteiger partial charge in [0.15, 0.2) is 0 Å². The molecule has 2 aromatic carbocycles. The van der Waals surface area contributed by atoms with Crippen molar-refractivity contribution in [3.63, 3.8) is 0 Å². The van der Waals surface area contributed by atoms with Gasteiger partial charge >= 0.3 is 10.2 Å². The Labute approximate surface area is 207 Å². The Kier molecular flexibility index (Phi) is 9.79. The van der Waals surface area contributed by atoms with Crippen LogP contribution in [0.3, 0.4) is 0 Å². The van der Waals surface area contributed by atoms with Gasteiger partial charge in [-0.05, 0) is 37.5 Å². The number of anilines is 1. The van der Waals surface area contributed by atoms with Gasteiger partial charge in [-0.1, -0.05) is 55.8 Å². The first-order valence-corrected chi connectivity index (χ1v) is 12.8. The number of hydrogen-bond acceptors (Lipinski definition) is 4. The summed E-state index contributed by atoms with van der Waals surface area (Å²) in [7, 11) is -1.60. The molecule has 0 saturated heterocycles. The van der Waals surface area contributed by atoms with E-state index in [-0.39, 0.29) is 24.1 Å². The van der Waals surface area contributed by atoms with E-state index >= 15 is 0 Å². The summed E-state index contributed by atoms with van der Waals surface area (Å²) in [5, 5.41) is 2.82. The molecule has 192 valence electrons. The Hall–Kier alpha value is -2.98. The van der Waals surface area contributed by atoms with E-state index in [9.17, 15) is 22.4 Å². The number of benzene rings is 2. The van der Waals surface area contributed by atoms with Crippen molar-refractivity contribution >= 4 is 27.7 Å². The lowest BCUT2D eigenvalue weighted by atomic mass is 10.1. The quantitative estimate of drug-likeness (QED) is 0.508. The number of nitrogens with zero attached hydrogens (tertiary/aromatic N) is 3. The van der Waals surface area contributed by atoms with Crippen LogP contribution in [0.4, 0.5) is 10.1 Å². The molecule has 8 nitrogen and oxygen atoms in total. The maximum Gasteiger partial charge on any atom is 0.304 e. The van der Waals surface area contributed by atoms with Crippen molar-refractivity contribution in [2.24, 2.45) is 5.92 Å².